The van der Waals surface area contributed by atoms with E-state index in [1.807, 2.05) is 26.1 Å². The SMILES string of the molecule is COc1cc(C)c(Cl)cc1N(C)C(C)CN. The van der Waals surface area contributed by atoms with Gasteiger partial charge in [0.25, 0.3) is 0 Å². The molecule has 0 heterocycles. The van der Waals surface area contributed by atoms with Gasteiger partial charge < -0.3 is 15.4 Å². The van der Waals surface area contributed by atoms with Crippen molar-refractivity contribution in [3.05, 3.63) is 22.7 Å². The molecule has 0 aliphatic carbocycles. The molecule has 0 amide bonds. The van der Waals surface area contributed by atoms with E-state index >= 15 is 0 Å². The maximum atomic E-state index is 6.12. The van der Waals surface area contributed by atoms with Gasteiger partial charge in [0, 0.05) is 24.7 Å². The molecule has 0 spiro atoms. The lowest BCUT2D eigenvalue weighted by Crippen LogP contribution is -2.35. The van der Waals surface area contributed by atoms with Gasteiger partial charge in [-0.3, -0.25) is 0 Å². The fourth-order valence-corrected chi connectivity index (χ4v) is 1.64. The third-order valence-electron chi connectivity index (χ3n) is 2.84. The Labute approximate surface area is 102 Å². The number of nitrogens with two attached hydrogens (primary N) is 1. The first-order chi connectivity index (χ1) is 7.51. The van der Waals surface area contributed by atoms with E-state index < -0.39 is 0 Å². The van der Waals surface area contributed by atoms with Crippen LogP contribution in [0.3, 0.4) is 0 Å². The molecule has 3 nitrogen and oxygen atoms in total. The first-order valence-corrected chi connectivity index (χ1v) is 5.66. The maximum absolute atomic E-state index is 6.12. The second-order valence-electron chi connectivity index (χ2n) is 3.97. The van der Waals surface area contributed by atoms with Gasteiger partial charge in [-0.2, -0.15) is 0 Å². The lowest BCUT2D eigenvalue weighted by molar-refractivity contribution is 0.413. The minimum atomic E-state index is 0.243. The summed E-state index contributed by atoms with van der Waals surface area (Å²) in [6.45, 7) is 4.61. The van der Waals surface area contributed by atoms with E-state index in [4.69, 9.17) is 22.1 Å². The summed E-state index contributed by atoms with van der Waals surface area (Å²) in [5, 5.41) is 0.742. The van der Waals surface area contributed by atoms with Gasteiger partial charge >= 0.3 is 0 Å². The molecule has 0 bridgehead atoms. The summed E-state index contributed by atoms with van der Waals surface area (Å²) in [6.07, 6.45) is 0. The van der Waals surface area contributed by atoms with Crippen molar-refractivity contribution < 1.29 is 4.74 Å². The molecule has 4 heteroatoms. The van der Waals surface area contributed by atoms with E-state index in [0.717, 1.165) is 22.0 Å². The number of anilines is 1. The third-order valence-corrected chi connectivity index (χ3v) is 3.25. The van der Waals surface area contributed by atoms with Crippen LogP contribution in [0.4, 0.5) is 5.69 Å². The van der Waals surface area contributed by atoms with Crippen LogP contribution in [0.15, 0.2) is 12.1 Å². The molecule has 0 aliphatic rings. The van der Waals surface area contributed by atoms with Crippen molar-refractivity contribution in [2.24, 2.45) is 5.73 Å². The summed E-state index contributed by atoms with van der Waals surface area (Å²) < 4.78 is 5.36. The molecular formula is C12H19ClN2O. The summed E-state index contributed by atoms with van der Waals surface area (Å²) in [6, 6.07) is 4.10. The number of rotatable bonds is 4. The van der Waals surface area contributed by atoms with Gasteiger partial charge in [-0.1, -0.05) is 11.6 Å². The number of hydrogen-bond acceptors (Lipinski definition) is 3. The summed E-state index contributed by atoms with van der Waals surface area (Å²) in [5.41, 5.74) is 7.63. The van der Waals surface area contributed by atoms with Gasteiger partial charge in [0.15, 0.2) is 0 Å². The highest BCUT2D eigenvalue weighted by Crippen LogP contribution is 2.33. The van der Waals surface area contributed by atoms with E-state index in [1.54, 1.807) is 7.11 Å². The van der Waals surface area contributed by atoms with Gasteiger partial charge in [0.2, 0.25) is 0 Å². The molecule has 1 atom stereocenters. The number of likely N-dealkylation sites (N-methyl/N-ethyl adjacent to an activating group) is 1. The number of benzene rings is 1. The first-order valence-electron chi connectivity index (χ1n) is 5.28. The molecule has 0 fully saturated rings. The highest BCUT2D eigenvalue weighted by atomic mass is 35.5. The molecule has 2 N–H and O–H groups in total. The highest BCUT2D eigenvalue weighted by molar-refractivity contribution is 6.31. The fourth-order valence-electron chi connectivity index (χ4n) is 1.48. The molecule has 0 aliphatic heterocycles. The molecule has 0 saturated heterocycles. The number of ether oxygens (including phenoxy) is 1. The van der Waals surface area contributed by atoms with Crippen molar-refractivity contribution >= 4 is 17.3 Å². The van der Waals surface area contributed by atoms with Gasteiger partial charge in [-0.15, -0.1) is 0 Å². The lowest BCUT2D eigenvalue weighted by Gasteiger charge is -2.28. The average molecular weight is 243 g/mol. The Morgan fingerprint density at radius 2 is 2.12 bits per heavy atom. The molecule has 0 aromatic heterocycles. The number of aryl methyl sites for hydroxylation is 1. The van der Waals surface area contributed by atoms with Gasteiger partial charge in [0.1, 0.15) is 5.75 Å². The second kappa shape index (κ2) is 5.41. The van der Waals surface area contributed by atoms with Crippen LogP contribution in [0.2, 0.25) is 5.02 Å². The fraction of sp³-hybridized carbons (Fsp3) is 0.500. The van der Waals surface area contributed by atoms with Crippen molar-refractivity contribution in [1.82, 2.24) is 0 Å². The standard InChI is InChI=1S/C12H19ClN2O/c1-8-5-12(16-4)11(6-10(8)13)15(3)9(2)7-14/h5-6,9H,7,14H2,1-4H3. The van der Waals surface area contributed by atoms with Crippen LogP contribution >= 0.6 is 11.6 Å². The molecule has 1 unspecified atom stereocenters. The summed E-state index contributed by atoms with van der Waals surface area (Å²) >= 11 is 6.12. The Morgan fingerprint density at radius 1 is 1.50 bits per heavy atom. The Balaban J connectivity index is 3.16. The Morgan fingerprint density at radius 3 is 2.62 bits per heavy atom. The number of nitrogens with zero attached hydrogens (tertiary/aromatic N) is 1. The van der Waals surface area contributed by atoms with E-state index in [0.29, 0.717) is 6.54 Å². The summed E-state index contributed by atoms with van der Waals surface area (Å²) in [5.74, 6) is 0.824. The van der Waals surface area contributed by atoms with Gasteiger partial charge in [-0.25, -0.2) is 0 Å². The second-order valence-corrected chi connectivity index (χ2v) is 4.38. The van der Waals surface area contributed by atoms with Crippen molar-refractivity contribution in [2.75, 3.05) is 25.6 Å². The normalized spacial score (nSPS) is 12.4. The van der Waals surface area contributed by atoms with E-state index in [-0.39, 0.29) is 6.04 Å². The van der Waals surface area contributed by atoms with Gasteiger partial charge in [0.05, 0.1) is 12.8 Å². The lowest BCUT2D eigenvalue weighted by atomic mass is 10.1. The Kier molecular flexibility index (Phi) is 4.44. The van der Waals surface area contributed by atoms with Crippen LogP contribution in [-0.2, 0) is 0 Å². The predicted octanol–water partition coefficient (Wildman–Crippen LogP) is 2.44. The topological polar surface area (TPSA) is 38.5 Å². The summed E-state index contributed by atoms with van der Waals surface area (Å²) in [4.78, 5) is 2.07. The van der Waals surface area contributed by atoms with Crippen molar-refractivity contribution in [3.8, 4) is 5.75 Å². The van der Waals surface area contributed by atoms with Crippen LogP contribution in [-0.4, -0.2) is 26.7 Å². The molecule has 0 radical (unpaired) electrons. The zero-order valence-corrected chi connectivity index (χ0v) is 11.0. The third kappa shape index (κ3) is 2.60. The van der Waals surface area contributed by atoms with Crippen molar-refractivity contribution in [2.45, 2.75) is 19.9 Å². The van der Waals surface area contributed by atoms with E-state index in [9.17, 15) is 0 Å². The predicted molar refractivity (Wildman–Crippen MR) is 69.7 cm³/mol. The molecule has 1 aromatic rings. The number of halogens is 1. The molecule has 16 heavy (non-hydrogen) atoms. The van der Waals surface area contributed by atoms with Crippen LogP contribution in [0.5, 0.6) is 5.75 Å². The molecule has 1 aromatic carbocycles. The molecule has 0 saturated carbocycles. The van der Waals surface area contributed by atoms with Crippen molar-refractivity contribution in [3.63, 3.8) is 0 Å². The Bertz CT molecular complexity index is 368. The zero-order valence-electron chi connectivity index (χ0n) is 10.2. The van der Waals surface area contributed by atoms with E-state index in [2.05, 4.69) is 11.8 Å². The minimum absolute atomic E-state index is 0.243. The van der Waals surface area contributed by atoms with E-state index in [1.165, 1.54) is 0 Å². The maximum Gasteiger partial charge on any atom is 0.142 e. The monoisotopic (exact) mass is 242 g/mol. The Hall–Kier alpha value is -0.930. The van der Waals surface area contributed by atoms with Gasteiger partial charge in [-0.05, 0) is 31.5 Å². The van der Waals surface area contributed by atoms with Crippen molar-refractivity contribution in [1.29, 1.82) is 0 Å². The molecule has 90 valence electrons. The zero-order chi connectivity index (χ0) is 12.3. The largest absolute Gasteiger partial charge is 0.495 e. The smallest absolute Gasteiger partial charge is 0.142 e. The summed E-state index contributed by atoms with van der Waals surface area (Å²) in [7, 11) is 3.65. The quantitative estimate of drug-likeness (QED) is 0.882. The van der Waals surface area contributed by atoms with Crippen LogP contribution in [0, 0.1) is 6.92 Å². The number of hydrogen-bond donors (Lipinski definition) is 1. The minimum Gasteiger partial charge on any atom is -0.495 e. The average Bonchev–Trinajstić information content (AvgIpc) is 2.30. The molecular weight excluding hydrogens is 224 g/mol. The van der Waals surface area contributed by atoms with Crippen LogP contribution in [0.1, 0.15) is 12.5 Å². The highest BCUT2D eigenvalue weighted by Gasteiger charge is 2.14. The first kappa shape index (κ1) is 13.1. The van der Waals surface area contributed by atoms with Crippen LogP contribution in [0.25, 0.3) is 0 Å². The number of methoxy groups -OCH3 is 1. The molecule has 1 rings (SSSR count). The van der Waals surface area contributed by atoms with Crippen LogP contribution < -0.4 is 15.4 Å².